The molecule has 0 aromatic heterocycles. The molecule has 1 amide bonds. The Kier molecular flexibility index (Phi) is 3.48. The third kappa shape index (κ3) is 2.84. The number of amides is 1. The lowest BCUT2D eigenvalue weighted by atomic mass is 10.2. The van der Waals surface area contributed by atoms with Gasteiger partial charge in [0.1, 0.15) is 0 Å². The van der Waals surface area contributed by atoms with Gasteiger partial charge in [0.25, 0.3) is 5.91 Å². The van der Waals surface area contributed by atoms with Gasteiger partial charge in [0.05, 0.1) is 5.56 Å². The highest BCUT2D eigenvalue weighted by atomic mass is 79.9. The van der Waals surface area contributed by atoms with Gasteiger partial charge in [-0.15, -0.1) is 0 Å². The molecule has 0 aliphatic carbocycles. The van der Waals surface area contributed by atoms with Crippen LogP contribution in [0, 0.1) is 0 Å². The number of carbonyl (C=O) groups is 1. The van der Waals surface area contributed by atoms with Crippen molar-refractivity contribution in [2.24, 2.45) is 0 Å². The fraction of sp³-hybridized carbons (Fsp3) is 0.300. The van der Waals surface area contributed by atoms with Crippen molar-refractivity contribution in [2.75, 3.05) is 0 Å². The van der Waals surface area contributed by atoms with E-state index in [9.17, 15) is 4.79 Å². The fourth-order valence-electron chi connectivity index (χ4n) is 0.985. The molecule has 1 aromatic carbocycles. The average Bonchev–Trinajstić information content (AvgIpc) is 2.03. The monoisotopic (exact) mass is 241 g/mol. The third-order valence-electron chi connectivity index (χ3n) is 1.54. The van der Waals surface area contributed by atoms with Crippen molar-refractivity contribution >= 4 is 21.8 Å². The maximum absolute atomic E-state index is 11.5. The van der Waals surface area contributed by atoms with E-state index in [1.54, 1.807) is 6.07 Å². The molecule has 0 saturated carbocycles. The van der Waals surface area contributed by atoms with E-state index in [1.807, 2.05) is 32.0 Å². The molecule has 0 bridgehead atoms. The molecule has 0 unspecified atom stereocenters. The summed E-state index contributed by atoms with van der Waals surface area (Å²) in [7, 11) is 0. The average molecular weight is 242 g/mol. The van der Waals surface area contributed by atoms with Crippen LogP contribution in [0.4, 0.5) is 0 Å². The highest BCUT2D eigenvalue weighted by Gasteiger charge is 2.08. The molecule has 0 aliphatic heterocycles. The van der Waals surface area contributed by atoms with Crippen LogP contribution < -0.4 is 5.32 Å². The number of hydrogen-bond acceptors (Lipinski definition) is 1. The summed E-state index contributed by atoms with van der Waals surface area (Å²) in [6.45, 7) is 3.88. The summed E-state index contributed by atoms with van der Waals surface area (Å²) < 4.78 is 0.827. The van der Waals surface area contributed by atoms with E-state index in [0.717, 1.165) is 4.47 Å². The second kappa shape index (κ2) is 4.42. The molecule has 0 heterocycles. The highest BCUT2D eigenvalue weighted by Crippen LogP contribution is 2.15. The van der Waals surface area contributed by atoms with Crippen LogP contribution in [0.25, 0.3) is 0 Å². The van der Waals surface area contributed by atoms with Gasteiger partial charge in [-0.3, -0.25) is 4.79 Å². The predicted molar refractivity (Wildman–Crippen MR) is 56.7 cm³/mol. The summed E-state index contributed by atoms with van der Waals surface area (Å²) in [5.41, 5.74) is 0.677. The van der Waals surface area contributed by atoms with Crippen LogP contribution in [0.3, 0.4) is 0 Å². The number of halogens is 1. The van der Waals surface area contributed by atoms with E-state index in [4.69, 9.17) is 0 Å². The van der Waals surface area contributed by atoms with Gasteiger partial charge in [0.2, 0.25) is 0 Å². The molecule has 0 radical (unpaired) electrons. The number of carbonyl (C=O) groups excluding carboxylic acids is 1. The zero-order chi connectivity index (χ0) is 9.84. The van der Waals surface area contributed by atoms with Gasteiger partial charge in [0, 0.05) is 10.5 Å². The summed E-state index contributed by atoms with van der Waals surface area (Å²) >= 11 is 3.33. The van der Waals surface area contributed by atoms with Crippen molar-refractivity contribution in [3.05, 3.63) is 34.3 Å². The molecule has 1 N–H and O–H groups in total. The van der Waals surface area contributed by atoms with Gasteiger partial charge < -0.3 is 5.32 Å². The molecule has 13 heavy (non-hydrogen) atoms. The van der Waals surface area contributed by atoms with Gasteiger partial charge in [-0.05, 0) is 41.9 Å². The maximum atomic E-state index is 11.5. The molecule has 0 spiro atoms. The second-order valence-electron chi connectivity index (χ2n) is 3.11. The van der Waals surface area contributed by atoms with Crippen molar-refractivity contribution in [2.45, 2.75) is 19.9 Å². The quantitative estimate of drug-likeness (QED) is 0.848. The third-order valence-corrected chi connectivity index (χ3v) is 2.23. The first kappa shape index (κ1) is 10.3. The predicted octanol–water partition coefficient (Wildman–Crippen LogP) is 2.59. The van der Waals surface area contributed by atoms with Crippen LogP contribution in [0.15, 0.2) is 28.7 Å². The highest BCUT2D eigenvalue weighted by molar-refractivity contribution is 9.10. The Labute approximate surface area is 86.5 Å². The van der Waals surface area contributed by atoms with Crippen LogP contribution in [-0.4, -0.2) is 11.9 Å². The number of benzene rings is 1. The Morgan fingerprint density at radius 2 is 2.00 bits per heavy atom. The Balaban J connectivity index is 2.83. The minimum atomic E-state index is -0.0394. The van der Waals surface area contributed by atoms with Gasteiger partial charge in [-0.25, -0.2) is 0 Å². The first-order chi connectivity index (χ1) is 6.11. The molecule has 1 aromatic rings. The molecule has 0 saturated heterocycles. The lowest BCUT2D eigenvalue weighted by molar-refractivity contribution is 0.0942. The van der Waals surface area contributed by atoms with Gasteiger partial charge in [-0.2, -0.15) is 0 Å². The number of rotatable bonds is 2. The lowest BCUT2D eigenvalue weighted by Crippen LogP contribution is -2.30. The SMILES string of the molecule is CC(C)NC(=O)c1ccccc1Br. The van der Waals surface area contributed by atoms with Crippen molar-refractivity contribution in [1.29, 1.82) is 0 Å². The molecule has 0 fully saturated rings. The first-order valence-corrected chi connectivity index (χ1v) is 4.96. The molecular weight excluding hydrogens is 230 g/mol. The minimum Gasteiger partial charge on any atom is -0.350 e. The summed E-state index contributed by atoms with van der Waals surface area (Å²) in [6.07, 6.45) is 0. The zero-order valence-corrected chi connectivity index (χ0v) is 9.26. The summed E-state index contributed by atoms with van der Waals surface area (Å²) in [5, 5.41) is 2.83. The van der Waals surface area contributed by atoms with E-state index < -0.39 is 0 Å². The minimum absolute atomic E-state index is 0.0394. The lowest BCUT2D eigenvalue weighted by Gasteiger charge is -2.08. The topological polar surface area (TPSA) is 29.1 Å². The normalized spacial score (nSPS) is 10.2. The number of nitrogens with one attached hydrogen (secondary N) is 1. The standard InChI is InChI=1S/C10H12BrNO/c1-7(2)12-10(13)8-5-3-4-6-9(8)11/h3-7H,1-2H3,(H,12,13). The van der Waals surface area contributed by atoms with Crippen molar-refractivity contribution in [3.63, 3.8) is 0 Å². The van der Waals surface area contributed by atoms with E-state index in [-0.39, 0.29) is 11.9 Å². The first-order valence-electron chi connectivity index (χ1n) is 4.16. The molecule has 0 atom stereocenters. The van der Waals surface area contributed by atoms with E-state index in [1.165, 1.54) is 0 Å². The van der Waals surface area contributed by atoms with Crippen LogP contribution in [0.2, 0.25) is 0 Å². The second-order valence-corrected chi connectivity index (χ2v) is 3.96. The van der Waals surface area contributed by atoms with E-state index in [2.05, 4.69) is 21.2 Å². The molecule has 3 heteroatoms. The zero-order valence-electron chi connectivity index (χ0n) is 7.67. The maximum Gasteiger partial charge on any atom is 0.252 e. The van der Waals surface area contributed by atoms with Crippen LogP contribution in [-0.2, 0) is 0 Å². The van der Waals surface area contributed by atoms with E-state index in [0.29, 0.717) is 5.56 Å². The molecule has 0 aliphatic rings. The van der Waals surface area contributed by atoms with Crippen molar-refractivity contribution in [1.82, 2.24) is 5.32 Å². The summed E-state index contributed by atoms with van der Waals surface area (Å²) in [5.74, 6) is -0.0394. The smallest absolute Gasteiger partial charge is 0.252 e. The van der Waals surface area contributed by atoms with Crippen LogP contribution in [0.1, 0.15) is 24.2 Å². The molecular formula is C10H12BrNO. The Hall–Kier alpha value is -0.830. The Morgan fingerprint density at radius 1 is 1.38 bits per heavy atom. The van der Waals surface area contributed by atoms with Crippen molar-refractivity contribution in [3.8, 4) is 0 Å². The van der Waals surface area contributed by atoms with Gasteiger partial charge in [-0.1, -0.05) is 12.1 Å². The molecule has 70 valence electrons. The van der Waals surface area contributed by atoms with Gasteiger partial charge in [0.15, 0.2) is 0 Å². The Morgan fingerprint density at radius 3 is 2.54 bits per heavy atom. The summed E-state index contributed by atoms with van der Waals surface area (Å²) in [4.78, 5) is 11.5. The molecule has 2 nitrogen and oxygen atoms in total. The largest absolute Gasteiger partial charge is 0.350 e. The van der Waals surface area contributed by atoms with Crippen LogP contribution in [0.5, 0.6) is 0 Å². The fourth-order valence-corrected chi connectivity index (χ4v) is 1.45. The van der Waals surface area contributed by atoms with E-state index >= 15 is 0 Å². The van der Waals surface area contributed by atoms with Crippen LogP contribution >= 0.6 is 15.9 Å². The Bertz CT molecular complexity index is 310. The van der Waals surface area contributed by atoms with Gasteiger partial charge >= 0.3 is 0 Å². The number of hydrogen-bond donors (Lipinski definition) is 1. The van der Waals surface area contributed by atoms with Crippen molar-refractivity contribution < 1.29 is 4.79 Å². The molecule has 1 rings (SSSR count). The summed E-state index contributed by atoms with van der Waals surface area (Å²) in [6, 6.07) is 7.55.